The van der Waals surface area contributed by atoms with Crippen LogP contribution in [0.25, 0.3) is 0 Å². The molecule has 0 spiro atoms. The number of hydrogen-bond donors (Lipinski definition) is 2. The second-order valence-electron chi connectivity index (χ2n) is 1.21. The van der Waals surface area contributed by atoms with Gasteiger partial charge in [-0.2, -0.15) is 0 Å². The van der Waals surface area contributed by atoms with Crippen LogP contribution in [0.1, 0.15) is 1.43 Å². The minimum atomic E-state index is -1.90. The minimum Gasteiger partial charge on any atom is -1.00 e. The summed E-state index contributed by atoms with van der Waals surface area (Å²) in [6.45, 7) is 0. The molecule has 2 N–H and O–H groups in total. The molecule has 0 radical (unpaired) electrons. The quantitative estimate of drug-likeness (QED) is 0.338. The maximum Gasteiger partial charge on any atom is 1.00 e. The van der Waals surface area contributed by atoms with E-state index in [-0.39, 0.29) is 31.0 Å². The third-order valence-corrected chi connectivity index (χ3v) is 1.78. The number of carboxylic acids is 2. The summed E-state index contributed by atoms with van der Waals surface area (Å²) in [5.74, 6) is -2.84. The second kappa shape index (κ2) is 6.89. The van der Waals surface area contributed by atoms with Crippen LogP contribution in [0, 0.1) is 0 Å². The van der Waals surface area contributed by atoms with Crippen LogP contribution in [-0.4, -0.2) is 22.2 Å². The number of rotatable bonds is 3. The predicted molar refractivity (Wildman–Crippen MR) is 39.2 cm³/mol. The molecule has 7 heteroatoms. The summed E-state index contributed by atoms with van der Waals surface area (Å²) >= 11 is -1.90. The molecule has 0 aliphatic rings. The fourth-order valence-corrected chi connectivity index (χ4v) is 0.807. The summed E-state index contributed by atoms with van der Waals surface area (Å²) in [7, 11) is 0. The fraction of sp³-hybridized carbons (Fsp3) is 0. The molecule has 0 aromatic carbocycles. The van der Waals surface area contributed by atoms with Crippen molar-refractivity contribution in [3.8, 4) is 0 Å². The Morgan fingerprint density at radius 1 is 1.36 bits per heavy atom. The number of halogens is 1. The van der Waals surface area contributed by atoms with Crippen molar-refractivity contribution >= 4 is 33.1 Å². The maximum absolute atomic E-state index is 10.0. The van der Waals surface area contributed by atoms with Crippen molar-refractivity contribution in [2.75, 3.05) is 0 Å². The molecule has 0 aromatic heterocycles. The molecule has 0 aliphatic heterocycles. The third kappa shape index (κ3) is 6.60. The molecule has 0 atom stereocenters. The number of carboxylic acid groups (broad SMARTS) is 2. The first kappa shape index (κ1) is 13.8. The summed E-state index contributed by atoms with van der Waals surface area (Å²) in [6, 6.07) is 0. The van der Waals surface area contributed by atoms with E-state index < -0.39 is 36.7 Å². The van der Waals surface area contributed by atoms with Crippen molar-refractivity contribution in [2.24, 2.45) is 0 Å². The number of hydrogen-bond acceptors (Lipinski definition) is 3. The molecular weight excluding hydrogens is 278 g/mol. The monoisotopic (exact) mass is 282 g/mol. The number of carbonyl (C=O) groups is 2. The zero-order valence-corrected chi connectivity index (χ0v) is 9.73. The SMILES string of the molecule is O=I/C(=C\C(=O)O)C(=O)O.[H-].[Na+]. The first-order valence-corrected chi connectivity index (χ1v) is 3.99. The Balaban J connectivity index is -0.000000405. The molecule has 0 fully saturated rings. The molecule has 0 bridgehead atoms. The minimum absolute atomic E-state index is 0. The topological polar surface area (TPSA) is 91.7 Å². The zero-order chi connectivity index (χ0) is 8.15. The van der Waals surface area contributed by atoms with Crippen LogP contribution in [0.15, 0.2) is 9.66 Å². The fourth-order valence-electron chi connectivity index (χ4n) is 0.225. The molecule has 0 heterocycles. The van der Waals surface area contributed by atoms with Gasteiger partial charge in [0.15, 0.2) is 21.2 Å². The van der Waals surface area contributed by atoms with Crippen LogP contribution in [0.4, 0.5) is 0 Å². The molecule has 0 saturated heterocycles. The normalized spacial score (nSPS) is 10.0. The van der Waals surface area contributed by atoms with Gasteiger partial charge in [-0.25, -0.2) is 9.59 Å². The smallest absolute Gasteiger partial charge is 1.00 e. The third-order valence-electron chi connectivity index (χ3n) is 0.538. The molecule has 0 aromatic rings. The first-order chi connectivity index (χ1) is 4.57. The van der Waals surface area contributed by atoms with Crippen molar-refractivity contribution in [3.63, 3.8) is 0 Å². The Labute approximate surface area is 95.9 Å². The molecular formula is C4H4INaO5. The van der Waals surface area contributed by atoms with Gasteiger partial charge < -0.3 is 11.6 Å². The van der Waals surface area contributed by atoms with Gasteiger partial charge in [-0.3, -0.25) is 3.07 Å². The summed E-state index contributed by atoms with van der Waals surface area (Å²) in [5.41, 5.74) is 0. The molecule has 11 heavy (non-hydrogen) atoms. The van der Waals surface area contributed by atoms with Gasteiger partial charge in [0.05, 0.1) is 0 Å². The van der Waals surface area contributed by atoms with Gasteiger partial charge in [0.2, 0.25) is 0 Å². The van der Waals surface area contributed by atoms with Crippen molar-refractivity contribution in [1.29, 1.82) is 0 Å². The van der Waals surface area contributed by atoms with Crippen molar-refractivity contribution in [3.05, 3.63) is 9.66 Å². The van der Waals surface area contributed by atoms with Gasteiger partial charge in [-0.15, -0.1) is 0 Å². The molecule has 5 nitrogen and oxygen atoms in total. The summed E-state index contributed by atoms with van der Waals surface area (Å²) in [5, 5.41) is 16.1. The Morgan fingerprint density at radius 2 is 1.82 bits per heavy atom. The van der Waals surface area contributed by atoms with Crippen LogP contribution < -0.4 is 29.6 Å². The van der Waals surface area contributed by atoms with E-state index in [0.717, 1.165) is 0 Å². The van der Waals surface area contributed by atoms with E-state index >= 15 is 0 Å². The van der Waals surface area contributed by atoms with E-state index in [1.807, 2.05) is 0 Å². The molecule has 0 saturated carbocycles. The van der Waals surface area contributed by atoms with Crippen molar-refractivity contribution in [1.82, 2.24) is 0 Å². The second-order valence-corrected chi connectivity index (χ2v) is 2.82. The van der Waals surface area contributed by atoms with Gasteiger partial charge in [0.25, 0.3) is 0 Å². The van der Waals surface area contributed by atoms with E-state index in [1.54, 1.807) is 0 Å². The standard InChI is InChI=1S/C4H3IO5.Na.H/c6-3(7)1-2(5-10)4(8)9;;/h1H,(H,6,7)(H,8,9);;/q;+1;-1/b2-1-;;. The zero-order valence-electron chi connectivity index (χ0n) is 6.57. The average Bonchev–Trinajstić information content (AvgIpc) is 1.81. The average molecular weight is 282 g/mol. The Bertz CT molecular complexity index is 215. The largest absolute Gasteiger partial charge is 1.00 e. The summed E-state index contributed by atoms with van der Waals surface area (Å²) < 4.78 is 9.47. The van der Waals surface area contributed by atoms with Gasteiger partial charge in [-0.1, -0.05) is 0 Å². The Morgan fingerprint density at radius 3 is 1.91 bits per heavy atom. The van der Waals surface area contributed by atoms with E-state index in [2.05, 4.69) is 0 Å². The van der Waals surface area contributed by atoms with Crippen LogP contribution in [-0.2, 0) is 12.7 Å². The van der Waals surface area contributed by atoms with Crippen LogP contribution in [0.5, 0.6) is 0 Å². The van der Waals surface area contributed by atoms with E-state index in [0.29, 0.717) is 6.08 Å². The van der Waals surface area contributed by atoms with Crippen LogP contribution in [0.3, 0.4) is 0 Å². The predicted octanol–water partition coefficient (Wildman–Crippen LogP) is -2.53. The van der Waals surface area contributed by atoms with E-state index in [1.165, 1.54) is 0 Å². The van der Waals surface area contributed by atoms with Gasteiger partial charge in [0.1, 0.15) is 3.58 Å². The molecule has 0 unspecified atom stereocenters. The maximum atomic E-state index is 10.0. The Hall–Kier alpha value is 0.210. The van der Waals surface area contributed by atoms with E-state index in [4.69, 9.17) is 10.2 Å². The molecule has 0 aliphatic carbocycles. The number of aliphatic carboxylic acids is 2. The summed E-state index contributed by atoms with van der Waals surface area (Å²) in [4.78, 5) is 19.8. The molecule has 58 valence electrons. The van der Waals surface area contributed by atoms with Gasteiger partial charge in [0, 0.05) is 6.08 Å². The Kier molecular flexibility index (Phi) is 8.63. The van der Waals surface area contributed by atoms with E-state index in [9.17, 15) is 12.7 Å². The van der Waals surface area contributed by atoms with Crippen LogP contribution >= 0.6 is 21.2 Å². The van der Waals surface area contributed by atoms with Crippen LogP contribution in [0.2, 0.25) is 0 Å². The molecule has 0 rings (SSSR count). The van der Waals surface area contributed by atoms with Crippen molar-refractivity contribution < 1.29 is 53.9 Å². The van der Waals surface area contributed by atoms with Gasteiger partial charge in [-0.05, 0) is 0 Å². The van der Waals surface area contributed by atoms with Crippen molar-refractivity contribution in [2.45, 2.75) is 0 Å². The molecule has 0 amide bonds. The summed E-state index contributed by atoms with van der Waals surface area (Å²) in [6.07, 6.45) is 0.433. The first-order valence-electron chi connectivity index (χ1n) is 2.03. The van der Waals surface area contributed by atoms with Gasteiger partial charge >= 0.3 is 41.5 Å².